The van der Waals surface area contributed by atoms with Gasteiger partial charge in [-0.25, -0.2) is 0 Å². The second-order valence-corrected chi connectivity index (χ2v) is 5.06. The molecule has 2 rings (SSSR count). The molecule has 1 aliphatic rings. The van der Waals surface area contributed by atoms with E-state index in [1.165, 1.54) is 0 Å². The smallest absolute Gasteiger partial charge is 0.275 e. The van der Waals surface area contributed by atoms with Crippen molar-refractivity contribution >= 4 is 5.91 Å². The van der Waals surface area contributed by atoms with E-state index < -0.39 is 0 Å². The number of carbonyl (C=O) groups is 1. The molecule has 6 nitrogen and oxygen atoms in total. The number of amides is 1. The van der Waals surface area contributed by atoms with Crippen molar-refractivity contribution in [2.24, 2.45) is 5.92 Å². The normalized spacial score (nSPS) is 22.7. The molecule has 1 saturated carbocycles. The molecule has 1 aliphatic carbocycles. The van der Waals surface area contributed by atoms with Gasteiger partial charge in [0.1, 0.15) is 6.61 Å². The van der Waals surface area contributed by atoms with E-state index in [0.717, 1.165) is 19.3 Å². The van der Waals surface area contributed by atoms with Crippen molar-refractivity contribution in [3.05, 3.63) is 17.5 Å². The maximum atomic E-state index is 12.1. The van der Waals surface area contributed by atoms with Gasteiger partial charge in [0.25, 0.3) is 5.91 Å². The van der Waals surface area contributed by atoms with Crippen molar-refractivity contribution in [3.63, 3.8) is 0 Å². The first-order valence-corrected chi connectivity index (χ1v) is 6.50. The van der Waals surface area contributed by atoms with Crippen molar-refractivity contribution in [1.29, 1.82) is 0 Å². The molecular weight excluding hydrogens is 248 g/mol. The van der Waals surface area contributed by atoms with Crippen LogP contribution in [0.15, 0.2) is 10.6 Å². The van der Waals surface area contributed by atoms with E-state index in [1.54, 1.807) is 25.1 Å². The van der Waals surface area contributed by atoms with Crippen LogP contribution in [0, 0.1) is 5.92 Å². The predicted octanol–water partition coefficient (Wildman–Crippen LogP) is 1.05. The lowest BCUT2D eigenvalue weighted by Crippen LogP contribution is -2.34. The zero-order chi connectivity index (χ0) is 13.8. The molecule has 2 atom stereocenters. The van der Waals surface area contributed by atoms with Gasteiger partial charge in [-0.2, -0.15) is 0 Å². The number of nitrogens with zero attached hydrogens (tertiary/aromatic N) is 2. The zero-order valence-electron chi connectivity index (χ0n) is 11.3. The number of aromatic nitrogens is 1. The molecule has 19 heavy (non-hydrogen) atoms. The highest BCUT2D eigenvalue weighted by Crippen LogP contribution is 2.26. The lowest BCUT2D eigenvalue weighted by atomic mass is 10.1. The average Bonchev–Trinajstić information content (AvgIpc) is 2.99. The van der Waals surface area contributed by atoms with Crippen LogP contribution in [0.25, 0.3) is 0 Å². The Morgan fingerprint density at radius 1 is 1.63 bits per heavy atom. The van der Waals surface area contributed by atoms with Gasteiger partial charge in [-0.1, -0.05) is 11.6 Å². The van der Waals surface area contributed by atoms with Crippen LogP contribution in [-0.4, -0.2) is 47.9 Å². The summed E-state index contributed by atoms with van der Waals surface area (Å²) in [7, 11) is 3.27. The van der Waals surface area contributed by atoms with Crippen molar-refractivity contribution < 1.29 is 19.2 Å². The SMILES string of the molecule is COCc1cc(C(=O)N(C)CC2CCCC2O)no1. The molecule has 0 spiro atoms. The van der Waals surface area contributed by atoms with Gasteiger partial charge >= 0.3 is 0 Å². The van der Waals surface area contributed by atoms with Crippen LogP contribution in [0.4, 0.5) is 0 Å². The van der Waals surface area contributed by atoms with Crippen molar-refractivity contribution in [2.75, 3.05) is 20.7 Å². The highest BCUT2D eigenvalue weighted by molar-refractivity contribution is 5.92. The van der Waals surface area contributed by atoms with Crippen molar-refractivity contribution in [3.8, 4) is 0 Å². The monoisotopic (exact) mass is 268 g/mol. The van der Waals surface area contributed by atoms with E-state index in [9.17, 15) is 9.90 Å². The number of hydrogen-bond donors (Lipinski definition) is 1. The molecule has 1 fully saturated rings. The summed E-state index contributed by atoms with van der Waals surface area (Å²) in [5.41, 5.74) is 0.280. The summed E-state index contributed by atoms with van der Waals surface area (Å²) in [5.74, 6) is 0.504. The second kappa shape index (κ2) is 6.16. The van der Waals surface area contributed by atoms with Gasteiger partial charge in [-0.3, -0.25) is 4.79 Å². The van der Waals surface area contributed by atoms with Crippen LogP contribution in [0.5, 0.6) is 0 Å². The molecule has 2 unspecified atom stereocenters. The first-order valence-electron chi connectivity index (χ1n) is 6.50. The van der Waals surface area contributed by atoms with Gasteiger partial charge in [0, 0.05) is 32.7 Å². The van der Waals surface area contributed by atoms with E-state index in [1.807, 2.05) is 0 Å². The highest BCUT2D eigenvalue weighted by Gasteiger charge is 2.28. The highest BCUT2D eigenvalue weighted by atomic mass is 16.5. The number of hydrogen-bond acceptors (Lipinski definition) is 5. The largest absolute Gasteiger partial charge is 0.393 e. The molecule has 0 aliphatic heterocycles. The Kier molecular flexibility index (Phi) is 4.55. The number of methoxy groups -OCH3 is 1. The summed E-state index contributed by atoms with van der Waals surface area (Å²) in [4.78, 5) is 13.7. The molecular formula is C13H20N2O4. The number of carbonyl (C=O) groups excluding carboxylic acids is 1. The van der Waals surface area contributed by atoms with Gasteiger partial charge in [-0.05, 0) is 12.8 Å². The Bertz CT molecular complexity index is 432. The summed E-state index contributed by atoms with van der Waals surface area (Å²) >= 11 is 0. The molecule has 0 bridgehead atoms. The topological polar surface area (TPSA) is 75.8 Å². The summed E-state index contributed by atoms with van der Waals surface area (Å²) in [6, 6.07) is 1.59. The van der Waals surface area contributed by atoms with E-state index in [-0.39, 0.29) is 23.6 Å². The molecule has 6 heteroatoms. The molecule has 0 saturated heterocycles. The fourth-order valence-corrected chi connectivity index (χ4v) is 2.48. The second-order valence-electron chi connectivity index (χ2n) is 5.06. The Morgan fingerprint density at radius 3 is 3.05 bits per heavy atom. The Labute approximate surface area is 112 Å². The van der Waals surface area contributed by atoms with Crippen LogP contribution >= 0.6 is 0 Å². The summed E-state index contributed by atoms with van der Waals surface area (Å²) in [6.45, 7) is 0.845. The molecule has 106 valence electrons. The number of aliphatic hydroxyl groups excluding tert-OH is 1. The molecule has 1 N–H and O–H groups in total. The zero-order valence-corrected chi connectivity index (χ0v) is 11.3. The van der Waals surface area contributed by atoms with Crippen molar-refractivity contribution in [1.82, 2.24) is 10.1 Å². The summed E-state index contributed by atoms with van der Waals surface area (Å²) < 4.78 is 9.91. The average molecular weight is 268 g/mol. The van der Waals surface area contributed by atoms with E-state index in [2.05, 4.69) is 5.16 Å². The standard InChI is InChI=1S/C13H20N2O4/c1-15(7-9-4-3-5-12(9)16)13(17)11-6-10(8-18-2)19-14-11/h6,9,12,16H,3-5,7-8H2,1-2H3. The van der Waals surface area contributed by atoms with Crippen LogP contribution in [0.2, 0.25) is 0 Å². The molecule has 1 amide bonds. The first-order chi connectivity index (χ1) is 9.11. The quantitative estimate of drug-likeness (QED) is 0.864. The van der Waals surface area contributed by atoms with Crippen LogP contribution in [-0.2, 0) is 11.3 Å². The maximum absolute atomic E-state index is 12.1. The maximum Gasteiger partial charge on any atom is 0.275 e. The lowest BCUT2D eigenvalue weighted by molar-refractivity contribution is 0.0684. The van der Waals surface area contributed by atoms with E-state index in [4.69, 9.17) is 9.26 Å². The van der Waals surface area contributed by atoms with Crippen molar-refractivity contribution in [2.45, 2.75) is 32.0 Å². The minimum absolute atomic E-state index is 0.166. The Hall–Kier alpha value is -1.40. The third kappa shape index (κ3) is 3.33. The van der Waals surface area contributed by atoms with Gasteiger partial charge in [0.2, 0.25) is 0 Å². The fourth-order valence-electron chi connectivity index (χ4n) is 2.48. The predicted molar refractivity (Wildman–Crippen MR) is 67.5 cm³/mol. The lowest BCUT2D eigenvalue weighted by Gasteiger charge is -2.22. The third-order valence-corrected chi connectivity index (χ3v) is 3.54. The molecule has 0 aromatic carbocycles. The number of ether oxygens (including phenoxy) is 1. The van der Waals surface area contributed by atoms with Gasteiger partial charge in [-0.15, -0.1) is 0 Å². The molecule has 1 aromatic heterocycles. The summed E-state index contributed by atoms with van der Waals surface area (Å²) in [5, 5.41) is 13.5. The molecule has 1 aromatic rings. The van der Waals surface area contributed by atoms with Crippen LogP contribution in [0.3, 0.4) is 0 Å². The minimum atomic E-state index is -0.295. The Balaban J connectivity index is 1.93. The number of aliphatic hydroxyl groups is 1. The Morgan fingerprint density at radius 2 is 2.42 bits per heavy atom. The fraction of sp³-hybridized carbons (Fsp3) is 0.692. The number of rotatable bonds is 5. The van der Waals surface area contributed by atoms with E-state index in [0.29, 0.717) is 18.9 Å². The molecule has 0 radical (unpaired) electrons. The minimum Gasteiger partial charge on any atom is -0.393 e. The summed E-state index contributed by atoms with van der Waals surface area (Å²) in [6.07, 6.45) is 2.52. The van der Waals surface area contributed by atoms with Crippen LogP contribution < -0.4 is 0 Å². The van der Waals surface area contributed by atoms with Gasteiger partial charge < -0.3 is 19.3 Å². The first kappa shape index (κ1) is 14.0. The van der Waals surface area contributed by atoms with Gasteiger partial charge in [0.15, 0.2) is 11.5 Å². The van der Waals surface area contributed by atoms with Gasteiger partial charge in [0.05, 0.1) is 6.10 Å². The van der Waals surface area contributed by atoms with Crippen LogP contribution in [0.1, 0.15) is 35.5 Å². The third-order valence-electron chi connectivity index (χ3n) is 3.54. The van der Waals surface area contributed by atoms with E-state index >= 15 is 0 Å². The molecule has 1 heterocycles.